The molecule has 3 aromatic rings. The maximum atomic E-state index is 12.3. The number of sulfone groups is 1. The number of rotatable bonds is 6. The number of hydrogen-bond acceptors (Lipinski definition) is 5. The highest BCUT2D eigenvalue weighted by atomic mass is 32.2. The molecule has 0 spiro atoms. The molecule has 3 rings (SSSR count). The topological polar surface area (TPSA) is 89.3 Å². The van der Waals surface area contributed by atoms with Gasteiger partial charge in [-0.3, -0.25) is 4.79 Å². The van der Waals surface area contributed by atoms with Crippen molar-refractivity contribution in [2.24, 2.45) is 0 Å². The summed E-state index contributed by atoms with van der Waals surface area (Å²) in [5.41, 5.74) is 2.22. The minimum Gasteiger partial charge on any atom is -0.444 e. The summed E-state index contributed by atoms with van der Waals surface area (Å²) in [6, 6.07) is 15.7. The molecule has 0 saturated carbocycles. The van der Waals surface area contributed by atoms with Crippen molar-refractivity contribution in [3.05, 3.63) is 72.1 Å². The van der Waals surface area contributed by atoms with Crippen molar-refractivity contribution in [2.45, 2.75) is 24.3 Å². The van der Waals surface area contributed by atoms with E-state index in [-0.39, 0.29) is 23.3 Å². The van der Waals surface area contributed by atoms with Gasteiger partial charge >= 0.3 is 0 Å². The van der Waals surface area contributed by atoms with Crippen molar-refractivity contribution in [1.82, 2.24) is 10.3 Å². The van der Waals surface area contributed by atoms with Crippen LogP contribution in [0.1, 0.15) is 24.2 Å². The summed E-state index contributed by atoms with van der Waals surface area (Å²) in [4.78, 5) is 16.9. The largest absolute Gasteiger partial charge is 0.444 e. The Bertz CT molecular complexity index is 1030. The van der Waals surface area contributed by atoms with Crippen LogP contribution in [-0.4, -0.2) is 25.6 Å². The van der Waals surface area contributed by atoms with Crippen LogP contribution in [0.25, 0.3) is 11.5 Å². The summed E-state index contributed by atoms with van der Waals surface area (Å²) in [5, 5.41) is 2.88. The smallest absolute Gasteiger partial charge is 0.226 e. The molecule has 1 N–H and O–H groups in total. The van der Waals surface area contributed by atoms with Gasteiger partial charge in [-0.25, -0.2) is 13.4 Å². The van der Waals surface area contributed by atoms with Crippen molar-refractivity contribution in [3.63, 3.8) is 0 Å². The van der Waals surface area contributed by atoms with Crippen molar-refractivity contribution >= 4 is 15.7 Å². The first-order valence-electron chi connectivity index (χ1n) is 8.42. The molecule has 1 atom stereocenters. The predicted molar refractivity (Wildman–Crippen MR) is 102 cm³/mol. The van der Waals surface area contributed by atoms with Gasteiger partial charge in [-0.2, -0.15) is 0 Å². The van der Waals surface area contributed by atoms with E-state index in [0.29, 0.717) is 11.6 Å². The summed E-state index contributed by atoms with van der Waals surface area (Å²) >= 11 is 0. The molecule has 1 heterocycles. The van der Waals surface area contributed by atoms with Gasteiger partial charge in [0.25, 0.3) is 0 Å². The number of aromatic nitrogens is 1. The first kappa shape index (κ1) is 18.8. The lowest BCUT2D eigenvalue weighted by Gasteiger charge is -2.14. The molecule has 0 aliphatic carbocycles. The van der Waals surface area contributed by atoms with Crippen molar-refractivity contribution in [2.75, 3.05) is 6.26 Å². The van der Waals surface area contributed by atoms with Crippen molar-refractivity contribution < 1.29 is 17.6 Å². The first-order valence-corrected chi connectivity index (χ1v) is 10.3. The van der Waals surface area contributed by atoms with E-state index in [1.807, 2.05) is 37.3 Å². The Morgan fingerprint density at radius 2 is 1.78 bits per heavy atom. The van der Waals surface area contributed by atoms with E-state index in [2.05, 4.69) is 10.3 Å². The Hall–Kier alpha value is -2.93. The Morgan fingerprint density at radius 3 is 2.41 bits per heavy atom. The van der Waals surface area contributed by atoms with Crippen LogP contribution >= 0.6 is 0 Å². The standard InChI is InChI=1S/C20H20N2O4S/c1-14(15-8-10-18(11-9-15)27(2,24)25)21-19(23)12-17-13-26-20(22-17)16-6-4-3-5-7-16/h3-11,13-14H,12H2,1-2H3,(H,21,23). The van der Waals surface area contributed by atoms with Gasteiger partial charge in [-0.1, -0.05) is 30.3 Å². The monoisotopic (exact) mass is 384 g/mol. The Labute approximate surface area is 158 Å². The third-order valence-corrected chi connectivity index (χ3v) is 5.23. The first-order chi connectivity index (χ1) is 12.8. The number of carbonyl (C=O) groups is 1. The fourth-order valence-corrected chi connectivity index (χ4v) is 3.28. The number of amides is 1. The molecule has 27 heavy (non-hydrogen) atoms. The predicted octanol–water partition coefficient (Wildman–Crippen LogP) is 3.17. The second kappa shape index (κ2) is 7.75. The Kier molecular flexibility index (Phi) is 5.41. The number of benzene rings is 2. The molecule has 7 heteroatoms. The summed E-state index contributed by atoms with van der Waals surface area (Å²) in [7, 11) is -3.24. The zero-order valence-corrected chi connectivity index (χ0v) is 15.9. The Balaban J connectivity index is 1.61. The van der Waals surface area contributed by atoms with E-state index in [1.165, 1.54) is 18.4 Å². The minimum absolute atomic E-state index is 0.0993. The number of nitrogens with one attached hydrogen (secondary N) is 1. The van der Waals surface area contributed by atoms with Crippen LogP contribution in [-0.2, 0) is 21.1 Å². The van der Waals surface area contributed by atoms with Crippen LogP contribution in [0, 0.1) is 0 Å². The molecule has 1 amide bonds. The van der Waals surface area contributed by atoms with Gasteiger partial charge in [0.05, 0.1) is 23.1 Å². The molecular weight excluding hydrogens is 364 g/mol. The van der Waals surface area contributed by atoms with E-state index in [4.69, 9.17) is 4.42 Å². The number of nitrogens with zero attached hydrogens (tertiary/aromatic N) is 1. The lowest BCUT2D eigenvalue weighted by Crippen LogP contribution is -2.28. The summed E-state index contributed by atoms with van der Waals surface area (Å²) in [6.45, 7) is 1.84. The molecule has 1 aromatic heterocycles. The fourth-order valence-electron chi connectivity index (χ4n) is 2.65. The highest BCUT2D eigenvalue weighted by molar-refractivity contribution is 7.90. The molecule has 0 bridgehead atoms. The van der Waals surface area contributed by atoms with Gasteiger partial charge in [0, 0.05) is 11.8 Å². The number of hydrogen-bond donors (Lipinski definition) is 1. The molecule has 0 radical (unpaired) electrons. The lowest BCUT2D eigenvalue weighted by atomic mass is 10.1. The van der Waals surface area contributed by atoms with Crippen LogP contribution in [0.2, 0.25) is 0 Å². The SMILES string of the molecule is CC(NC(=O)Cc1coc(-c2ccccc2)n1)c1ccc(S(C)(=O)=O)cc1. The molecule has 2 aromatic carbocycles. The van der Waals surface area contributed by atoms with E-state index in [0.717, 1.165) is 17.4 Å². The van der Waals surface area contributed by atoms with E-state index >= 15 is 0 Å². The van der Waals surface area contributed by atoms with Crippen molar-refractivity contribution in [1.29, 1.82) is 0 Å². The van der Waals surface area contributed by atoms with Gasteiger partial charge in [0.2, 0.25) is 11.8 Å². The molecule has 6 nitrogen and oxygen atoms in total. The van der Waals surface area contributed by atoms with E-state index < -0.39 is 9.84 Å². The quantitative estimate of drug-likeness (QED) is 0.705. The number of carbonyl (C=O) groups excluding carboxylic acids is 1. The van der Waals surface area contributed by atoms with Crippen LogP contribution in [0.4, 0.5) is 0 Å². The Morgan fingerprint density at radius 1 is 1.11 bits per heavy atom. The average molecular weight is 384 g/mol. The molecular formula is C20H20N2O4S. The third-order valence-electron chi connectivity index (χ3n) is 4.10. The highest BCUT2D eigenvalue weighted by Gasteiger charge is 2.14. The molecule has 0 aliphatic heterocycles. The molecule has 0 fully saturated rings. The van der Waals surface area contributed by atoms with Gasteiger partial charge in [-0.15, -0.1) is 0 Å². The normalized spacial score (nSPS) is 12.5. The van der Waals surface area contributed by atoms with Crippen LogP contribution in [0.5, 0.6) is 0 Å². The fraction of sp³-hybridized carbons (Fsp3) is 0.200. The second-order valence-corrected chi connectivity index (χ2v) is 8.33. The third kappa shape index (κ3) is 4.83. The molecule has 140 valence electrons. The van der Waals surface area contributed by atoms with Crippen molar-refractivity contribution in [3.8, 4) is 11.5 Å². The highest BCUT2D eigenvalue weighted by Crippen LogP contribution is 2.19. The van der Waals surface area contributed by atoms with Gasteiger partial charge in [-0.05, 0) is 36.8 Å². The minimum atomic E-state index is -3.24. The van der Waals surface area contributed by atoms with Gasteiger partial charge < -0.3 is 9.73 Å². The zero-order chi connectivity index (χ0) is 19.4. The second-order valence-electron chi connectivity index (χ2n) is 6.32. The summed E-state index contributed by atoms with van der Waals surface area (Å²) in [5.74, 6) is 0.283. The zero-order valence-electron chi connectivity index (χ0n) is 15.0. The van der Waals surface area contributed by atoms with E-state index in [9.17, 15) is 13.2 Å². The summed E-state index contributed by atoms with van der Waals surface area (Å²) < 4.78 is 28.5. The van der Waals surface area contributed by atoms with E-state index in [1.54, 1.807) is 12.1 Å². The van der Waals surface area contributed by atoms with Crippen LogP contribution < -0.4 is 5.32 Å². The van der Waals surface area contributed by atoms with Crippen LogP contribution in [0.15, 0.2) is 70.2 Å². The van der Waals surface area contributed by atoms with Crippen LogP contribution in [0.3, 0.4) is 0 Å². The maximum absolute atomic E-state index is 12.3. The molecule has 0 aliphatic rings. The summed E-state index contributed by atoms with van der Waals surface area (Å²) in [6.07, 6.45) is 2.74. The van der Waals surface area contributed by atoms with Gasteiger partial charge in [0.1, 0.15) is 6.26 Å². The molecule has 1 unspecified atom stereocenters. The maximum Gasteiger partial charge on any atom is 0.226 e. The average Bonchev–Trinajstić information content (AvgIpc) is 3.10. The molecule has 0 saturated heterocycles. The lowest BCUT2D eigenvalue weighted by molar-refractivity contribution is -0.121. The number of oxazole rings is 1. The van der Waals surface area contributed by atoms with Gasteiger partial charge in [0.15, 0.2) is 9.84 Å².